The second-order valence-corrected chi connectivity index (χ2v) is 7.61. The van der Waals surface area contributed by atoms with Gasteiger partial charge >= 0.3 is 5.97 Å². The number of hydrogen-bond acceptors (Lipinski definition) is 6. The first kappa shape index (κ1) is 18.9. The molecular formula is C16H14ClNO6S. The lowest BCUT2D eigenvalue weighted by molar-refractivity contribution is -0.385. The van der Waals surface area contributed by atoms with Gasteiger partial charge in [0, 0.05) is 11.1 Å². The summed E-state index contributed by atoms with van der Waals surface area (Å²) >= 11 is 5.71. The van der Waals surface area contributed by atoms with Crippen LogP contribution >= 0.6 is 11.6 Å². The summed E-state index contributed by atoms with van der Waals surface area (Å²) in [7, 11) is -3.64. The number of nitrogens with zero attached hydrogens (tertiary/aromatic N) is 1. The van der Waals surface area contributed by atoms with E-state index in [9.17, 15) is 23.3 Å². The molecule has 0 fully saturated rings. The van der Waals surface area contributed by atoms with E-state index in [4.69, 9.17) is 16.3 Å². The fraction of sp³-hybridized carbons (Fsp3) is 0.188. The Labute approximate surface area is 149 Å². The van der Waals surface area contributed by atoms with Crippen LogP contribution in [0.25, 0.3) is 0 Å². The van der Waals surface area contributed by atoms with E-state index in [0.717, 1.165) is 0 Å². The number of ether oxygens (including phenoxy) is 1. The van der Waals surface area contributed by atoms with E-state index in [1.807, 2.05) is 0 Å². The molecule has 0 unspecified atom stereocenters. The highest BCUT2D eigenvalue weighted by molar-refractivity contribution is 7.91. The van der Waals surface area contributed by atoms with Crippen LogP contribution in [0, 0.1) is 10.1 Å². The molecule has 0 heterocycles. The molecule has 0 aliphatic carbocycles. The summed E-state index contributed by atoms with van der Waals surface area (Å²) in [4.78, 5) is 22.1. The van der Waals surface area contributed by atoms with E-state index in [0.29, 0.717) is 5.02 Å². The lowest BCUT2D eigenvalue weighted by Gasteiger charge is -2.07. The molecule has 0 spiro atoms. The van der Waals surface area contributed by atoms with Crippen molar-refractivity contribution in [1.29, 1.82) is 0 Å². The average molecular weight is 384 g/mol. The van der Waals surface area contributed by atoms with Gasteiger partial charge in [0.15, 0.2) is 9.84 Å². The maximum absolute atomic E-state index is 12.1. The topological polar surface area (TPSA) is 104 Å². The summed E-state index contributed by atoms with van der Waals surface area (Å²) in [5.41, 5.74) is 0.0745. The van der Waals surface area contributed by atoms with E-state index < -0.39 is 26.5 Å². The number of nitro groups is 1. The number of sulfone groups is 1. The number of carbonyl (C=O) groups is 1. The van der Waals surface area contributed by atoms with Crippen molar-refractivity contribution < 1.29 is 22.9 Å². The zero-order valence-corrected chi connectivity index (χ0v) is 14.5. The van der Waals surface area contributed by atoms with Gasteiger partial charge in [-0.15, -0.1) is 0 Å². The van der Waals surface area contributed by atoms with Gasteiger partial charge in [0.2, 0.25) is 0 Å². The number of benzene rings is 2. The fourth-order valence-electron chi connectivity index (χ4n) is 2.02. The molecule has 7 nitrogen and oxygen atoms in total. The molecule has 9 heteroatoms. The van der Waals surface area contributed by atoms with Gasteiger partial charge in [-0.1, -0.05) is 23.7 Å². The molecule has 0 aliphatic rings. The molecular weight excluding hydrogens is 370 g/mol. The first-order valence-corrected chi connectivity index (χ1v) is 9.19. The normalized spacial score (nSPS) is 11.1. The standard InChI is InChI=1S/C16H14ClNO6S/c17-13-5-7-14(8-6-13)25(22,23)10-9-16(19)24-11-12-3-1-2-4-15(12)18(20)21/h1-8H,9-11H2. The zero-order chi connectivity index (χ0) is 18.4. The van der Waals surface area contributed by atoms with Gasteiger partial charge in [0.1, 0.15) is 6.61 Å². The molecule has 0 saturated carbocycles. The van der Waals surface area contributed by atoms with E-state index >= 15 is 0 Å². The van der Waals surface area contributed by atoms with E-state index in [2.05, 4.69) is 0 Å². The van der Waals surface area contributed by atoms with Crippen LogP contribution in [-0.2, 0) is 26.0 Å². The highest BCUT2D eigenvalue weighted by Gasteiger charge is 2.18. The zero-order valence-electron chi connectivity index (χ0n) is 12.9. The number of hydrogen-bond donors (Lipinski definition) is 0. The molecule has 0 aliphatic heterocycles. The number of carbonyl (C=O) groups excluding carboxylic acids is 1. The molecule has 2 aromatic carbocycles. The van der Waals surface area contributed by atoms with Gasteiger partial charge < -0.3 is 4.74 Å². The summed E-state index contributed by atoms with van der Waals surface area (Å²) in [5, 5.41) is 11.3. The van der Waals surface area contributed by atoms with Crippen LogP contribution in [0.3, 0.4) is 0 Å². The first-order valence-electron chi connectivity index (χ1n) is 7.16. The predicted molar refractivity (Wildman–Crippen MR) is 91.0 cm³/mol. The molecule has 2 rings (SSSR count). The summed E-state index contributed by atoms with van der Waals surface area (Å²) in [5.74, 6) is -1.18. The average Bonchev–Trinajstić information content (AvgIpc) is 2.59. The summed E-state index contributed by atoms with van der Waals surface area (Å²) in [6, 6.07) is 11.5. The number of para-hydroxylation sites is 1. The summed E-state index contributed by atoms with van der Waals surface area (Å²) < 4.78 is 29.2. The molecule has 2 aromatic rings. The highest BCUT2D eigenvalue weighted by atomic mass is 35.5. The molecule has 0 saturated heterocycles. The Morgan fingerprint density at radius 2 is 1.76 bits per heavy atom. The number of rotatable bonds is 7. The fourth-order valence-corrected chi connectivity index (χ4v) is 3.37. The SMILES string of the molecule is O=C(CCS(=O)(=O)c1ccc(Cl)cc1)OCc1ccccc1[N+](=O)[O-]. The quantitative estimate of drug-likeness (QED) is 0.413. The second-order valence-electron chi connectivity index (χ2n) is 5.07. The van der Waals surface area contributed by atoms with Gasteiger partial charge in [-0.3, -0.25) is 14.9 Å². The van der Waals surface area contributed by atoms with E-state index in [1.165, 1.54) is 42.5 Å². The molecule has 0 aromatic heterocycles. The Morgan fingerprint density at radius 3 is 2.40 bits per heavy atom. The number of esters is 1. The van der Waals surface area contributed by atoms with Gasteiger partial charge in [-0.25, -0.2) is 8.42 Å². The monoisotopic (exact) mass is 383 g/mol. The molecule has 0 N–H and O–H groups in total. The molecule has 25 heavy (non-hydrogen) atoms. The van der Waals surface area contributed by atoms with E-state index in [-0.39, 0.29) is 29.2 Å². The van der Waals surface area contributed by atoms with Crippen LogP contribution in [0.2, 0.25) is 5.02 Å². The summed E-state index contributed by atoms with van der Waals surface area (Å²) in [6.07, 6.45) is -0.356. The van der Waals surface area contributed by atoms with Crippen LogP contribution in [0.15, 0.2) is 53.4 Å². The molecule has 0 bridgehead atoms. The van der Waals surface area contributed by atoms with Crippen LogP contribution < -0.4 is 0 Å². The Hall–Kier alpha value is -2.45. The Morgan fingerprint density at radius 1 is 1.12 bits per heavy atom. The summed E-state index contributed by atoms with van der Waals surface area (Å²) in [6.45, 7) is -0.295. The van der Waals surface area contributed by atoms with E-state index in [1.54, 1.807) is 6.07 Å². The molecule has 0 radical (unpaired) electrons. The van der Waals surface area contributed by atoms with Crippen molar-refractivity contribution in [1.82, 2.24) is 0 Å². The highest BCUT2D eigenvalue weighted by Crippen LogP contribution is 2.19. The van der Waals surface area contributed by atoms with Crippen molar-refractivity contribution in [3.8, 4) is 0 Å². The van der Waals surface area contributed by atoms with Crippen molar-refractivity contribution in [2.45, 2.75) is 17.9 Å². The Balaban J connectivity index is 1.93. The van der Waals surface area contributed by atoms with Crippen LogP contribution in [-0.4, -0.2) is 25.1 Å². The lowest BCUT2D eigenvalue weighted by Crippen LogP contribution is -2.14. The Kier molecular flexibility index (Phi) is 6.11. The van der Waals surface area contributed by atoms with Gasteiger partial charge in [-0.2, -0.15) is 0 Å². The molecule has 0 atom stereocenters. The minimum absolute atomic E-state index is 0.0587. The van der Waals surface area contributed by atoms with Crippen molar-refractivity contribution in [3.05, 3.63) is 69.2 Å². The predicted octanol–water partition coefficient (Wildman–Crippen LogP) is 3.16. The minimum atomic E-state index is -3.64. The minimum Gasteiger partial charge on any atom is -0.461 e. The smallest absolute Gasteiger partial charge is 0.307 e. The largest absolute Gasteiger partial charge is 0.461 e. The Bertz CT molecular complexity index is 880. The first-order chi connectivity index (χ1) is 11.8. The van der Waals surface area contributed by atoms with Crippen molar-refractivity contribution >= 4 is 33.1 Å². The number of nitro benzene ring substituents is 1. The molecule has 132 valence electrons. The maximum atomic E-state index is 12.1. The van der Waals surface area contributed by atoms with Crippen LogP contribution in [0.5, 0.6) is 0 Å². The third kappa shape index (κ3) is 5.27. The maximum Gasteiger partial charge on any atom is 0.307 e. The number of halogens is 1. The van der Waals surface area contributed by atoms with Gasteiger partial charge in [-0.05, 0) is 30.3 Å². The third-order valence-corrected chi connectivity index (χ3v) is 5.31. The third-order valence-electron chi connectivity index (χ3n) is 3.32. The van der Waals surface area contributed by atoms with Crippen molar-refractivity contribution in [3.63, 3.8) is 0 Å². The van der Waals surface area contributed by atoms with Crippen LogP contribution in [0.1, 0.15) is 12.0 Å². The molecule has 0 amide bonds. The second kappa shape index (κ2) is 8.09. The van der Waals surface area contributed by atoms with Gasteiger partial charge in [0.25, 0.3) is 5.69 Å². The van der Waals surface area contributed by atoms with Crippen molar-refractivity contribution in [2.75, 3.05) is 5.75 Å². The van der Waals surface area contributed by atoms with Crippen molar-refractivity contribution in [2.24, 2.45) is 0 Å². The lowest BCUT2D eigenvalue weighted by atomic mass is 10.2. The van der Waals surface area contributed by atoms with Gasteiger partial charge in [0.05, 0.1) is 27.6 Å². The van der Waals surface area contributed by atoms with Crippen LogP contribution in [0.4, 0.5) is 5.69 Å².